The molecule has 2 rings (SSSR count). The van der Waals surface area contributed by atoms with Crippen LogP contribution in [0.1, 0.15) is 29.2 Å². The Bertz CT molecular complexity index is 571. The topological polar surface area (TPSA) is 0 Å². The van der Waals surface area contributed by atoms with Gasteiger partial charge in [-0.25, -0.2) is 0 Å². The van der Waals surface area contributed by atoms with Crippen molar-refractivity contribution in [1.82, 2.24) is 0 Å². The largest absolute Gasteiger partial charge is 0.0955 e. The van der Waals surface area contributed by atoms with E-state index >= 15 is 0 Å². The van der Waals surface area contributed by atoms with Crippen LogP contribution in [0.25, 0.3) is 17.7 Å². The van der Waals surface area contributed by atoms with Gasteiger partial charge in [0.15, 0.2) is 0 Å². The first-order valence-electron chi connectivity index (χ1n) is 6.16. The van der Waals surface area contributed by atoms with Crippen molar-refractivity contribution in [3.8, 4) is 0 Å². The fraction of sp³-hybridized carbons (Fsp3) is 0.111. The molecule has 0 radical (unpaired) electrons. The van der Waals surface area contributed by atoms with E-state index in [2.05, 4.69) is 74.2 Å². The highest BCUT2D eigenvalue weighted by molar-refractivity contribution is 5.72. The highest BCUT2D eigenvalue weighted by Crippen LogP contribution is 2.15. The Morgan fingerprint density at radius 1 is 0.944 bits per heavy atom. The molecule has 0 spiro atoms. The third kappa shape index (κ3) is 2.98. The first-order valence-corrected chi connectivity index (χ1v) is 6.16. The van der Waals surface area contributed by atoms with E-state index in [1.54, 1.807) is 0 Å². The van der Waals surface area contributed by atoms with Crippen molar-refractivity contribution in [2.24, 2.45) is 0 Å². The van der Waals surface area contributed by atoms with Gasteiger partial charge in [0.25, 0.3) is 0 Å². The van der Waals surface area contributed by atoms with Crippen LogP contribution in [-0.4, -0.2) is 0 Å². The van der Waals surface area contributed by atoms with Crippen LogP contribution >= 0.6 is 0 Å². The molecule has 0 aliphatic heterocycles. The van der Waals surface area contributed by atoms with E-state index in [1.165, 1.54) is 22.3 Å². The molecule has 0 atom stereocenters. The molecule has 0 heteroatoms. The second-order valence-electron chi connectivity index (χ2n) is 4.59. The van der Waals surface area contributed by atoms with Gasteiger partial charge in [-0.05, 0) is 36.1 Å². The lowest BCUT2D eigenvalue weighted by Crippen LogP contribution is -1.80. The molecule has 0 amide bonds. The van der Waals surface area contributed by atoms with Crippen LogP contribution in [0.2, 0.25) is 0 Å². The molecule has 18 heavy (non-hydrogen) atoms. The van der Waals surface area contributed by atoms with Gasteiger partial charge >= 0.3 is 0 Å². The van der Waals surface area contributed by atoms with Crippen LogP contribution in [0.3, 0.4) is 0 Å². The van der Waals surface area contributed by atoms with Gasteiger partial charge in [-0.3, -0.25) is 0 Å². The fourth-order valence-electron chi connectivity index (χ4n) is 1.84. The summed E-state index contributed by atoms with van der Waals surface area (Å²) >= 11 is 0. The van der Waals surface area contributed by atoms with E-state index in [0.717, 1.165) is 5.57 Å². The summed E-state index contributed by atoms with van der Waals surface area (Å²) in [7, 11) is 0. The molecule has 2 aromatic rings. The summed E-state index contributed by atoms with van der Waals surface area (Å²) in [6.07, 6.45) is 4.30. The molecule has 0 saturated carbocycles. The Kier molecular flexibility index (Phi) is 3.78. The zero-order valence-electron chi connectivity index (χ0n) is 11.0. The average molecular weight is 234 g/mol. The smallest absolute Gasteiger partial charge is 0.0227 e. The minimum Gasteiger partial charge on any atom is -0.0955 e. The van der Waals surface area contributed by atoms with Crippen LogP contribution in [0.5, 0.6) is 0 Å². The molecule has 0 unspecified atom stereocenters. The second-order valence-corrected chi connectivity index (χ2v) is 4.59. The van der Waals surface area contributed by atoms with Gasteiger partial charge in [-0.15, -0.1) is 0 Å². The number of rotatable bonds is 3. The maximum Gasteiger partial charge on any atom is -0.0227 e. The molecule has 2 aromatic carbocycles. The van der Waals surface area contributed by atoms with E-state index in [4.69, 9.17) is 0 Å². The zero-order valence-corrected chi connectivity index (χ0v) is 11.0. The maximum atomic E-state index is 3.94. The van der Waals surface area contributed by atoms with Crippen molar-refractivity contribution in [3.63, 3.8) is 0 Å². The predicted octanol–water partition coefficient (Wildman–Crippen LogP) is 5.20. The van der Waals surface area contributed by atoms with E-state index in [1.807, 2.05) is 6.92 Å². The van der Waals surface area contributed by atoms with E-state index < -0.39 is 0 Å². The number of benzene rings is 2. The Balaban J connectivity index is 2.19. The molecule has 0 heterocycles. The fourth-order valence-corrected chi connectivity index (χ4v) is 1.84. The summed E-state index contributed by atoms with van der Waals surface area (Å²) in [4.78, 5) is 0. The van der Waals surface area contributed by atoms with E-state index in [-0.39, 0.29) is 0 Å². The van der Waals surface area contributed by atoms with Crippen LogP contribution in [0.4, 0.5) is 0 Å². The lowest BCUT2D eigenvalue weighted by molar-refractivity contribution is 1.45. The van der Waals surface area contributed by atoms with Gasteiger partial charge in [-0.1, -0.05) is 72.8 Å². The Morgan fingerprint density at radius 3 is 2.22 bits per heavy atom. The summed E-state index contributed by atoms with van der Waals surface area (Å²) in [6, 6.07) is 16.9. The molecule has 90 valence electrons. The van der Waals surface area contributed by atoms with Gasteiger partial charge < -0.3 is 0 Å². The lowest BCUT2D eigenvalue weighted by atomic mass is 10.0. The normalized spacial score (nSPS) is 10.8. The zero-order chi connectivity index (χ0) is 13.0. The van der Waals surface area contributed by atoms with Gasteiger partial charge in [0, 0.05) is 0 Å². The van der Waals surface area contributed by atoms with E-state index in [0.29, 0.717) is 0 Å². The third-order valence-electron chi connectivity index (χ3n) is 3.05. The third-order valence-corrected chi connectivity index (χ3v) is 3.05. The number of allylic oxidation sites excluding steroid dienone is 1. The SMILES string of the molecule is C=C(C)c1ccc(/C=C/c2ccccc2C)cc1. The molecule has 0 aliphatic carbocycles. The summed E-state index contributed by atoms with van der Waals surface area (Å²) in [6.45, 7) is 8.10. The minimum atomic E-state index is 1.10. The monoisotopic (exact) mass is 234 g/mol. The molecule has 0 bridgehead atoms. The minimum absolute atomic E-state index is 1.10. The van der Waals surface area contributed by atoms with Crippen molar-refractivity contribution in [3.05, 3.63) is 77.4 Å². The quantitative estimate of drug-likeness (QED) is 0.640. The number of hydrogen-bond acceptors (Lipinski definition) is 0. The number of hydrogen-bond donors (Lipinski definition) is 0. The van der Waals surface area contributed by atoms with Gasteiger partial charge in [0.1, 0.15) is 0 Å². The molecule has 0 nitrogen and oxygen atoms in total. The lowest BCUT2D eigenvalue weighted by Gasteiger charge is -2.01. The second kappa shape index (κ2) is 5.50. The highest BCUT2D eigenvalue weighted by Gasteiger charge is 1.94. The van der Waals surface area contributed by atoms with Gasteiger partial charge in [0.05, 0.1) is 0 Å². The Labute approximate surface area is 109 Å². The summed E-state index contributed by atoms with van der Waals surface area (Å²) < 4.78 is 0. The standard InChI is InChI=1S/C18H18/c1-14(2)17-11-8-16(9-12-17)10-13-18-7-5-4-6-15(18)3/h4-13H,1H2,2-3H3/b13-10+. The van der Waals surface area contributed by atoms with Crippen molar-refractivity contribution in [2.45, 2.75) is 13.8 Å². The summed E-state index contributed by atoms with van der Waals surface area (Å²) in [5.41, 5.74) is 6.07. The first kappa shape index (κ1) is 12.4. The molecule has 0 aliphatic rings. The highest BCUT2D eigenvalue weighted by atomic mass is 14.0. The van der Waals surface area contributed by atoms with Crippen LogP contribution in [0.15, 0.2) is 55.1 Å². The van der Waals surface area contributed by atoms with Gasteiger partial charge in [-0.2, -0.15) is 0 Å². The van der Waals surface area contributed by atoms with Crippen molar-refractivity contribution in [2.75, 3.05) is 0 Å². The Hall–Kier alpha value is -2.08. The van der Waals surface area contributed by atoms with E-state index in [9.17, 15) is 0 Å². The molecule has 0 N–H and O–H groups in total. The Morgan fingerprint density at radius 2 is 1.61 bits per heavy atom. The molecular weight excluding hydrogens is 216 g/mol. The summed E-state index contributed by atoms with van der Waals surface area (Å²) in [5, 5.41) is 0. The molecule has 0 fully saturated rings. The van der Waals surface area contributed by atoms with Crippen LogP contribution in [0, 0.1) is 6.92 Å². The molecular formula is C18H18. The van der Waals surface area contributed by atoms with Crippen molar-refractivity contribution in [1.29, 1.82) is 0 Å². The number of aryl methyl sites for hydroxylation is 1. The van der Waals surface area contributed by atoms with Crippen LogP contribution in [-0.2, 0) is 0 Å². The van der Waals surface area contributed by atoms with Crippen LogP contribution < -0.4 is 0 Å². The van der Waals surface area contributed by atoms with Crippen molar-refractivity contribution < 1.29 is 0 Å². The maximum absolute atomic E-state index is 3.94. The van der Waals surface area contributed by atoms with Crippen molar-refractivity contribution >= 4 is 17.7 Å². The first-order chi connectivity index (χ1) is 8.66. The molecule has 0 aromatic heterocycles. The molecule has 0 saturated heterocycles. The predicted molar refractivity (Wildman–Crippen MR) is 81.3 cm³/mol. The average Bonchev–Trinajstić information content (AvgIpc) is 2.38. The summed E-state index contributed by atoms with van der Waals surface area (Å²) in [5.74, 6) is 0. The van der Waals surface area contributed by atoms with Gasteiger partial charge in [0.2, 0.25) is 0 Å².